The molecule has 2 heterocycles. The van der Waals surface area contributed by atoms with Crippen LogP contribution in [0.15, 0.2) is 24.8 Å². The molecule has 6 nitrogen and oxygen atoms in total. The van der Waals surface area contributed by atoms with Gasteiger partial charge in [0.1, 0.15) is 6.67 Å². The topological polar surface area (TPSA) is 72.9 Å². The van der Waals surface area contributed by atoms with E-state index in [0.717, 1.165) is 0 Å². The molecule has 0 aliphatic heterocycles. The molecule has 0 aliphatic rings. The minimum absolute atomic E-state index is 0.147. The number of halogens is 1. The molecular weight excluding hydrogens is 220 g/mol. The highest BCUT2D eigenvalue weighted by molar-refractivity contribution is 6.30. The van der Waals surface area contributed by atoms with E-state index in [1.807, 2.05) is 0 Å². The molecule has 0 spiro atoms. The molecule has 0 fully saturated rings. The van der Waals surface area contributed by atoms with E-state index < -0.39 is 5.97 Å². The van der Waals surface area contributed by atoms with E-state index >= 15 is 0 Å². The standard InChI is InChI=1S/C8H7ClN4O2/c9-7-2-11-13(4-7)5-12-3-6(1-10-12)8(14)15/h1-4H,5H2,(H,14,15). The molecule has 7 heteroatoms. The van der Waals surface area contributed by atoms with Gasteiger partial charge in [0.25, 0.3) is 0 Å². The fourth-order valence-corrected chi connectivity index (χ4v) is 1.27. The highest BCUT2D eigenvalue weighted by atomic mass is 35.5. The van der Waals surface area contributed by atoms with Crippen LogP contribution < -0.4 is 0 Å². The Hall–Kier alpha value is -1.82. The molecule has 2 aromatic heterocycles. The first-order chi connectivity index (χ1) is 7.15. The van der Waals surface area contributed by atoms with Gasteiger partial charge in [0.2, 0.25) is 0 Å². The van der Waals surface area contributed by atoms with Gasteiger partial charge in [-0.15, -0.1) is 0 Å². The molecule has 0 aromatic carbocycles. The van der Waals surface area contributed by atoms with Crippen LogP contribution in [0.3, 0.4) is 0 Å². The average Bonchev–Trinajstić information content (AvgIpc) is 2.76. The van der Waals surface area contributed by atoms with E-state index in [1.54, 1.807) is 10.9 Å². The first-order valence-corrected chi connectivity index (χ1v) is 4.46. The molecule has 0 unspecified atom stereocenters. The number of carboxylic acids is 1. The molecule has 0 radical (unpaired) electrons. The predicted molar refractivity (Wildman–Crippen MR) is 51.8 cm³/mol. The highest BCUT2D eigenvalue weighted by Crippen LogP contribution is 2.05. The minimum Gasteiger partial charge on any atom is -0.478 e. The lowest BCUT2D eigenvalue weighted by molar-refractivity contribution is 0.0696. The fraction of sp³-hybridized carbons (Fsp3) is 0.125. The highest BCUT2D eigenvalue weighted by Gasteiger charge is 2.06. The van der Waals surface area contributed by atoms with Crippen LogP contribution in [-0.2, 0) is 6.67 Å². The van der Waals surface area contributed by atoms with Gasteiger partial charge >= 0.3 is 5.97 Å². The predicted octanol–water partition coefficient (Wildman–Crippen LogP) is 0.937. The van der Waals surface area contributed by atoms with Crippen molar-refractivity contribution in [3.63, 3.8) is 0 Å². The summed E-state index contributed by atoms with van der Waals surface area (Å²) in [5, 5.41) is 17.0. The van der Waals surface area contributed by atoms with E-state index in [1.165, 1.54) is 23.3 Å². The number of aromatic carboxylic acids is 1. The third-order valence-electron chi connectivity index (χ3n) is 1.77. The van der Waals surface area contributed by atoms with Gasteiger partial charge < -0.3 is 5.11 Å². The van der Waals surface area contributed by atoms with Gasteiger partial charge in [-0.2, -0.15) is 10.2 Å². The van der Waals surface area contributed by atoms with Gasteiger partial charge in [-0.05, 0) is 0 Å². The summed E-state index contributed by atoms with van der Waals surface area (Å²) in [5.74, 6) is -1.00. The summed E-state index contributed by atoms with van der Waals surface area (Å²) >= 11 is 5.68. The first-order valence-electron chi connectivity index (χ1n) is 4.09. The molecule has 1 N–H and O–H groups in total. The zero-order valence-corrected chi connectivity index (χ0v) is 8.29. The Morgan fingerprint density at radius 2 is 2.00 bits per heavy atom. The summed E-state index contributed by atoms with van der Waals surface area (Å²) in [7, 11) is 0. The Morgan fingerprint density at radius 3 is 2.53 bits per heavy atom. The molecule has 0 aliphatic carbocycles. The monoisotopic (exact) mass is 226 g/mol. The van der Waals surface area contributed by atoms with E-state index in [2.05, 4.69) is 10.2 Å². The van der Waals surface area contributed by atoms with Crippen molar-refractivity contribution >= 4 is 17.6 Å². The molecule has 0 saturated heterocycles. The number of rotatable bonds is 3. The third kappa shape index (κ3) is 2.16. The van der Waals surface area contributed by atoms with Crippen molar-refractivity contribution in [3.05, 3.63) is 35.4 Å². The van der Waals surface area contributed by atoms with Crippen molar-refractivity contribution in [2.45, 2.75) is 6.67 Å². The second-order valence-corrected chi connectivity index (χ2v) is 3.35. The second kappa shape index (κ2) is 3.74. The van der Waals surface area contributed by atoms with Crippen LogP contribution in [0.25, 0.3) is 0 Å². The maximum atomic E-state index is 10.6. The molecule has 2 rings (SSSR count). The Morgan fingerprint density at radius 1 is 1.33 bits per heavy atom. The van der Waals surface area contributed by atoms with Gasteiger partial charge in [0, 0.05) is 12.4 Å². The number of hydrogen-bond donors (Lipinski definition) is 1. The smallest absolute Gasteiger partial charge is 0.338 e. The second-order valence-electron chi connectivity index (χ2n) is 2.91. The first kappa shape index (κ1) is 9.72. The lowest BCUT2D eigenvalue weighted by Gasteiger charge is -1.99. The third-order valence-corrected chi connectivity index (χ3v) is 1.97. The average molecular weight is 227 g/mol. The molecule has 0 amide bonds. The van der Waals surface area contributed by atoms with Gasteiger partial charge in [-0.3, -0.25) is 4.68 Å². The Kier molecular flexibility index (Phi) is 2.42. The lowest BCUT2D eigenvalue weighted by Crippen LogP contribution is -2.08. The zero-order valence-electron chi connectivity index (χ0n) is 7.54. The van der Waals surface area contributed by atoms with E-state index in [9.17, 15) is 4.79 Å². The van der Waals surface area contributed by atoms with E-state index in [-0.39, 0.29) is 5.56 Å². The quantitative estimate of drug-likeness (QED) is 0.845. The van der Waals surface area contributed by atoms with Crippen LogP contribution in [0.1, 0.15) is 10.4 Å². The number of carboxylic acid groups (broad SMARTS) is 1. The van der Waals surface area contributed by atoms with Crippen molar-refractivity contribution in [1.82, 2.24) is 19.6 Å². The van der Waals surface area contributed by atoms with Gasteiger partial charge in [-0.25, -0.2) is 9.48 Å². The summed E-state index contributed by atoms with van der Waals surface area (Å²) in [6, 6.07) is 0. The zero-order chi connectivity index (χ0) is 10.8. The summed E-state index contributed by atoms with van der Waals surface area (Å²) in [6.07, 6.45) is 5.85. The lowest BCUT2D eigenvalue weighted by atomic mass is 10.4. The van der Waals surface area contributed by atoms with Crippen molar-refractivity contribution in [2.75, 3.05) is 0 Å². The van der Waals surface area contributed by atoms with Crippen molar-refractivity contribution in [1.29, 1.82) is 0 Å². The number of aromatic nitrogens is 4. The normalized spacial score (nSPS) is 10.5. The van der Waals surface area contributed by atoms with Gasteiger partial charge in [0.15, 0.2) is 0 Å². The van der Waals surface area contributed by atoms with Crippen LogP contribution in [0, 0.1) is 0 Å². The molecule has 0 atom stereocenters. The molecular formula is C8H7ClN4O2. The summed E-state index contributed by atoms with van der Waals surface area (Å²) in [5.41, 5.74) is 0.147. The number of nitrogens with zero attached hydrogens (tertiary/aromatic N) is 4. The molecule has 78 valence electrons. The Labute approximate surface area is 89.7 Å². The summed E-state index contributed by atoms with van der Waals surface area (Å²) < 4.78 is 3.02. The maximum Gasteiger partial charge on any atom is 0.338 e. The van der Waals surface area contributed by atoms with Crippen LogP contribution in [0.2, 0.25) is 5.02 Å². The number of carbonyl (C=O) groups is 1. The molecule has 15 heavy (non-hydrogen) atoms. The van der Waals surface area contributed by atoms with Crippen molar-refractivity contribution in [2.24, 2.45) is 0 Å². The molecule has 0 saturated carbocycles. The van der Waals surface area contributed by atoms with Crippen LogP contribution in [0.5, 0.6) is 0 Å². The van der Waals surface area contributed by atoms with Crippen LogP contribution in [-0.4, -0.2) is 30.6 Å². The minimum atomic E-state index is -1.00. The van der Waals surface area contributed by atoms with E-state index in [0.29, 0.717) is 11.7 Å². The Balaban J connectivity index is 2.14. The molecule has 0 bridgehead atoms. The maximum absolute atomic E-state index is 10.6. The summed E-state index contributed by atoms with van der Waals surface area (Å²) in [6.45, 7) is 0.333. The van der Waals surface area contributed by atoms with Crippen molar-refractivity contribution in [3.8, 4) is 0 Å². The van der Waals surface area contributed by atoms with Crippen molar-refractivity contribution < 1.29 is 9.90 Å². The van der Waals surface area contributed by atoms with Crippen LogP contribution in [0.4, 0.5) is 0 Å². The van der Waals surface area contributed by atoms with Gasteiger partial charge in [0.05, 0.1) is 23.0 Å². The molecule has 2 aromatic rings. The van der Waals surface area contributed by atoms with Crippen LogP contribution >= 0.6 is 11.6 Å². The Bertz CT molecular complexity index is 490. The summed E-state index contributed by atoms with van der Waals surface area (Å²) in [4.78, 5) is 10.6. The van der Waals surface area contributed by atoms with E-state index in [4.69, 9.17) is 16.7 Å². The largest absolute Gasteiger partial charge is 0.478 e. The SMILES string of the molecule is O=C(O)c1cnn(Cn2cc(Cl)cn2)c1. The van der Waals surface area contributed by atoms with Gasteiger partial charge in [-0.1, -0.05) is 11.6 Å². The fourth-order valence-electron chi connectivity index (χ4n) is 1.12. The number of hydrogen-bond acceptors (Lipinski definition) is 3.